The number of rotatable bonds is 6. The second-order valence-corrected chi connectivity index (χ2v) is 7.11. The Morgan fingerprint density at radius 3 is 2.70 bits per heavy atom. The summed E-state index contributed by atoms with van der Waals surface area (Å²) in [7, 11) is 0. The van der Waals surface area contributed by atoms with Crippen LogP contribution in [-0.2, 0) is 4.79 Å². The number of ether oxygens (including phenoxy) is 1. The minimum atomic E-state index is 0.0678. The molecule has 1 aliphatic heterocycles. The van der Waals surface area contributed by atoms with Crippen molar-refractivity contribution < 1.29 is 9.53 Å². The van der Waals surface area contributed by atoms with Gasteiger partial charge in [0.05, 0.1) is 0 Å². The van der Waals surface area contributed by atoms with Crippen molar-refractivity contribution in [2.75, 3.05) is 26.2 Å². The number of carbonyl (C=O) groups excluding carboxylic acids is 1. The van der Waals surface area contributed by atoms with E-state index in [1.54, 1.807) is 12.1 Å². The van der Waals surface area contributed by atoms with Crippen LogP contribution in [0.25, 0.3) is 0 Å². The highest BCUT2D eigenvalue weighted by Crippen LogP contribution is 2.28. The third kappa shape index (κ3) is 4.85. The van der Waals surface area contributed by atoms with Gasteiger partial charge in [-0.15, -0.1) is 0 Å². The maximum absolute atomic E-state index is 12.3. The predicted octanol–water partition coefficient (Wildman–Crippen LogP) is 3.02. The number of hydrogen-bond acceptors (Lipinski definition) is 3. The number of nitrogens with zero attached hydrogens (tertiary/aromatic N) is 1. The van der Waals surface area contributed by atoms with Crippen LogP contribution in [0.15, 0.2) is 18.2 Å². The van der Waals surface area contributed by atoms with E-state index in [1.165, 1.54) is 12.8 Å². The van der Waals surface area contributed by atoms with Crippen molar-refractivity contribution in [1.82, 2.24) is 10.2 Å². The quantitative estimate of drug-likeness (QED) is 0.868. The van der Waals surface area contributed by atoms with Crippen molar-refractivity contribution in [3.8, 4) is 5.75 Å². The van der Waals surface area contributed by atoms with Crippen molar-refractivity contribution in [2.45, 2.75) is 38.6 Å². The average Bonchev–Trinajstić information content (AvgIpc) is 3.38. The number of likely N-dealkylation sites (tertiary alicyclic amines) is 1. The number of halogens is 1. The zero-order chi connectivity index (χ0) is 16.2. The largest absolute Gasteiger partial charge is 0.484 e. The third-order valence-corrected chi connectivity index (χ3v) is 5.16. The first-order valence-electron chi connectivity index (χ1n) is 8.52. The van der Waals surface area contributed by atoms with Gasteiger partial charge < -0.3 is 15.0 Å². The molecule has 1 amide bonds. The normalized spacial score (nSPS) is 19.0. The predicted molar refractivity (Wildman–Crippen MR) is 92.0 cm³/mol. The number of carbonyl (C=O) groups is 1. The lowest BCUT2D eigenvalue weighted by Crippen LogP contribution is -2.46. The molecule has 3 rings (SSSR count). The van der Waals surface area contributed by atoms with Gasteiger partial charge in [-0.05, 0) is 68.8 Å². The van der Waals surface area contributed by atoms with Gasteiger partial charge in [0.15, 0.2) is 6.61 Å². The number of piperidine rings is 1. The minimum Gasteiger partial charge on any atom is -0.484 e. The van der Waals surface area contributed by atoms with Gasteiger partial charge in [-0.25, -0.2) is 0 Å². The molecule has 1 heterocycles. The molecule has 1 aromatic carbocycles. The highest BCUT2D eigenvalue weighted by molar-refractivity contribution is 6.31. The van der Waals surface area contributed by atoms with Gasteiger partial charge >= 0.3 is 0 Å². The summed E-state index contributed by atoms with van der Waals surface area (Å²) in [5, 5.41) is 4.34. The molecule has 1 aliphatic carbocycles. The van der Waals surface area contributed by atoms with Crippen molar-refractivity contribution in [3.63, 3.8) is 0 Å². The van der Waals surface area contributed by atoms with Gasteiger partial charge in [0.25, 0.3) is 5.91 Å². The third-order valence-electron chi connectivity index (χ3n) is 4.73. The van der Waals surface area contributed by atoms with Crippen LogP contribution < -0.4 is 10.1 Å². The van der Waals surface area contributed by atoms with Crippen LogP contribution in [0.3, 0.4) is 0 Å². The first kappa shape index (κ1) is 16.6. The maximum atomic E-state index is 12.3. The van der Waals surface area contributed by atoms with Crippen LogP contribution in [0, 0.1) is 12.8 Å². The number of hydrogen-bond donors (Lipinski definition) is 1. The van der Waals surface area contributed by atoms with Crippen molar-refractivity contribution in [3.05, 3.63) is 28.8 Å². The highest BCUT2D eigenvalue weighted by atomic mass is 35.5. The summed E-state index contributed by atoms with van der Waals surface area (Å²) in [5.41, 5.74) is 0.958. The van der Waals surface area contributed by atoms with Gasteiger partial charge in [0.1, 0.15) is 5.75 Å². The number of aryl methyl sites for hydroxylation is 1. The molecule has 1 N–H and O–H groups in total. The lowest BCUT2D eigenvalue weighted by Gasteiger charge is -2.32. The molecule has 1 aromatic rings. The summed E-state index contributed by atoms with van der Waals surface area (Å²) >= 11 is 5.99. The van der Waals surface area contributed by atoms with E-state index < -0.39 is 0 Å². The number of benzene rings is 1. The van der Waals surface area contributed by atoms with Crippen LogP contribution in [-0.4, -0.2) is 43.1 Å². The van der Waals surface area contributed by atoms with E-state index in [4.69, 9.17) is 16.3 Å². The molecule has 0 aromatic heterocycles. The van der Waals surface area contributed by atoms with Crippen molar-refractivity contribution in [1.29, 1.82) is 0 Å². The van der Waals surface area contributed by atoms with Crippen molar-refractivity contribution >= 4 is 17.5 Å². The molecule has 23 heavy (non-hydrogen) atoms. The highest BCUT2D eigenvalue weighted by Gasteiger charge is 2.26. The summed E-state index contributed by atoms with van der Waals surface area (Å²) < 4.78 is 5.61. The molecule has 2 fully saturated rings. The van der Waals surface area contributed by atoms with Gasteiger partial charge in [-0.3, -0.25) is 4.79 Å². The Morgan fingerprint density at radius 1 is 1.30 bits per heavy atom. The van der Waals surface area contributed by atoms with Gasteiger partial charge in [0, 0.05) is 24.2 Å². The average molecular weight is 337 g/mol. The van der Waals surface area contributed by atoms with Gasteiger partial charge in [-0.2, -0.15) is 0 Å². The number of nitrogens with one attached hydrogen (secondary N) is 1. The maximum Gasteiger partial charge on any atom is 0.260 e. The zero-order valence-electron chi connectivity index (χ0n) is 13.7. The van der Waals surface area contributed by atoms with Crippen LogP contribution in [0.4, 0.5) is 0 Å². The first-order chi connectivity index (χ1) is 11.1. The smallest absolute Gasteiger partial charge is 0.260 e. The second-order valence-electron chi connectivity index (χ2n) is 6.71. The van der Waals surface area contributed by atoms with Crippen LogP contribution >= 0.6 is 11.6 Å². The number of amides is 1. The molecule has 0 atom stereocenters. The Hall–Kier alpha value is -1.26. The van der Waals surface area contributed by atoms with E-state index in [1.807, 2.05) is 17.9 Å². The molecule has 126 valence electrons. The van der Waals surface area contributed by atoms with E-state index >= 15 is 0 Å². The SMILES string of the molecule is Cc1cc(OCC(=O)N2CCC(NCC3CC3)CC2)ccc1Cl. The summed E-state index contributed by atoms with van der Waals surface area (Å²) in [6.07, 6.45) is 4.84. The van der Waals surface area contributed by atoms with Gasteiger partial charge in [-0.1, -0.05) is 11.6 Å². The summed E-state index contributed by atoms with van der Waals surface area (Å²) in [5.74, 6) is 1.67. The molecule has 4 nitrogen and oxygen atoms in total. The molecule has 0 unspecified atom stereocenters. The first-order valence-corrected chi connectivity index (χ1v) is 8.89. The van der Waals surface area contributed by atoms with Crippen molar-refractivity contribution in [2.24, 2.45) is 5.92 Å². The summed E-state index contributed by atoms with van der Waals surface area (Å²) in [6.45, 7) is 4.82. The molecular formula is C18H25ClN2O2. The standard InChI is InChI=1S/C18H25ClN2O2/c1-13-10-16(4-5-17(13)19)23-12-18(22)21-8-6-15(7-9-21)20-11-14-2-3-14/h4-5,10,14-15,20H,2-3,6-9,11-12H2,1H3. The Labute approximate surface area is 143 Å². The Kier molecular flexibility index (Phi) is 5.44. The molecule has 0 spiro atoms. The summed E-state index contributed by atoms with van der Waals surface area (Å²) in [4.78, 5) is 14.2. The van der Waals surface area contributed by atoms with E-state index in [-0.39, 0.29) is 12.5 Å². The fraction of sp³-hybridized carbons (Fsp3) is 0.611. The van der Waals surface area contributed by atoms with Crippen LogP contribution in [0.2, 0.25) is 5.02 Å². The van der Waals surface area contributed by atoms with E-state index in [0.717, 1.165) is 44.0 Å². The van der Waals surface area contributed by atoms with E-state index in [9.17, 15) is 4.79 Å². The van der Waals surface area contributed by atoms with Gasteiger partial charge in [0.2, 0.25) is 0 Å². The van der Waals surface area contributed by atoms with Crippen LogP contribution in [0.1, 0.15) is 31.2 Å². The lowest BCUT2D eigenvalue weighted by atomic mass is 10.0. The summed E-state index contributed by atoms with van der Waals surface area (Å²) in [6, 6.07) is 6.04. The molecule has 0 radical (unpaired) electrons. The van der Waals surface area contributed by atoms with Crippen LogP contribution in [0.5, 0.6) is 5.75 Å². The Bertz CT molecular complexity index is 552. The molecule has 1 saturated heterocycles. The zero-order valence-corrected chi connectivity index (χ0v) is 14.4. The molecule has 5 heteroatoms. The molecular weight excluding hydrogens is 312 g/mol. The molecule has 2 aliphatic rings. The topological polar surface area (TPSA) is 41.6 Å². The monoisotopic (exact) mass is 336 g/mol. The van der Waals surface area contributed by atoms with E-state index in [0.29, 0.717) is 16.8 Å². The lowest BCUT2D eigenvalue weighted by molar-refractivity contribution is -0.134. The fourth-order valence-electron chi connectivity index (χ4n) is 2.93. The minimum absolute atomic E-state index is 0.0678. The fourth-order valence-corrected chi connectivity index (χ4v) is 3.05. The second kappa shape index (κ2) is 7.54. The Morgan fingerprint density at radius 2 is 2.04 bits per heavy atom. The molecule has 0 bridgehead atoms. The molecule has 1 saturated carbocycles. The Balaban J connectivity index is 1.39. The van der Waals surface area contributed by atoms with E-state index in [2.05, 4.69) is 5.32 Å².